The number of carbonyl (C=O) groups is 2. The van der Waals surface area contributed by atoms with Crippen molar-refractivity contribution in [1.29, 1.82) is 0 Å². The molecule has 356 valence electrons. The van der Waals surface area contributed by atoms with Crippen LogP contribution in [0.25, 0.3) is 0 Å². The van der Waals surface area contributed by atoms with Gasteiger partial charge in [-0.2, -0.15) is 0 Å². The molecule has 0 bridgehead atoms. The maximum Gasteiger partial charge on any atom is 0.303 e. The van der Waals surface area contributed by atoms with Crippen LogP contribution in [0.3, 0.4) is 0 Å². The monoisotopic (exact) mass is 986 g/mol. The van der Waals surface area contributed by atoms with E-state index in [0.717, 1.165) is 0 Å². The van der Waals surface area contributed by atoms with Crippen LogP contribution >= 0.6 is 0 Å². The van der Waals surface area contributed by atoms with E-state index in [1.165, 1.54) is 49.4 Å². The lowest BCUT2D eigenvalue weighted by Gasteiger charge is -2.46. The van der Waals surface area contributed by atoms with Gasteiger partial charge in [0.2, 0.25) is 0 Å². The summed E-state index contributed by atoms with van der Waals surface area (Å²) in [5.41, 5.74) is 0. The Bertz CT molecular complexity index is 1520. The number of aliphatic hydroxyl groups is 3. The first-order chi connectivity index (χ1) is 27.9. The zero-order valence-corrected chi connectivity index (χ0v) is 41.0. The molecular formula is C38H66O17S6. The lowest BCUT2D eigenvalue weighted by atomic mass is 9.91. The molecule has 0 aromatic carbocycles. The SMILES string of the molecule is C.CC(=O)O[C@H]1C(C)O[C@@H](C)[C@H](O)C1O[C@@H]1OC(C)[C@H](C)C2OC(C)(C)O[C@@H]21.CC(=O)O[C@H]1C(C)O[C@H](O)[C@H](O)C1O[C@@H]1OC(C)[C@H](C)C2OC(C)(C)O[C@@H]21.S=S=S=S=S=S. The highest BCUT2D eigenvalue weighted by Crippen LogP contribution is 2.43. The maximum absolute atomic E-state index is 11.6. The Morgan fingerprint density at radius 2 is 0.885 bits per heavy atom. The molecule has 0 saturated carbocycles. The van der Waals surface area contributed by atoms with Gasteiger partial charge in [0.05, 0.1) is 42.7 Å². The predicted molar refractivity (Wildman–Crippen MR) is 235 cm³/mol. The van der Waals surface area contributed by atoms with Gasteiger partial charge < -0.3 is 72.2 Å². The van der Waals surface area contributed by atoms with Crippen LogP contribution in [0, 0.1) is 11.8 Å². The second-order valence-corrected chi connectivity index (χ2v) is 23.7. The highest BCUT2D eigenvalue weighted by atomic mass is 33.3. The van der Waals surface area contributed by atoms with Crippen LogP contribution in [0.2, 0.25) is 0 Å². The highest BCUT2D eigenvalue weighted by molar-refractivity contribution is 8.64. The van der Waals surface area contributed by atoms with Gasteiger partial charge in [0.25, 0.3) is 0 Å². The van der Waals surface area contributed by atoms with Gasteiger partial charge in [-0.05, 0) is 62.3 Å². The molecule has 6 saturated heterocycles. The van der Waals surface area contributed by atoms with Crippen LogP contribution in [0.15, 0.2) is 0 Å². The molecule has 6 heterocycles. The summed E-state index contributed by atoms with van der Waals surface area (Å²) in [6.45, 7) is 23.0. The minimum Gasteiger partial charge on any atom is -0.457 e. The van der Waals surface area contributed by atoms with Gasteiger partial charge in [0, 0.05) is 83.6 Å². The van der Waals surface area contributed by atoms with Gasteiger partial charge >= 0.3 is 11.9 Å². The Labute approximate surface area is 380 Å². The van der Waals surface area contributed by atoms with Crippen molar-refractivity contribution in [3.8, 4) is 0 Å². The van der Waals surface area contributed by atoms with Crippen molar-refractivity contribution >= 4 is 69.8 Å². The first-order valence-electron chi connectivity index (χ1n) is 19.9. The Morgan fingerprint density at radius 3 is 1.26 bits per heavy atom. The normalized spacial score (nSPS) is 44.4. The Morgan fingerprint density at radius 1 is 0.525 bits per heavy atom. The maximum atomic E-state index is 11.6. The minimum absolute atomic E-state index is 0. The van der Waals surface area contributed by atoms with E-state index in [1.807, 2.05) is 48.5 Å². The molecule has 17 nitrogen and oxygen atoms in total. The van der Waals surface area contributed by atoms with Crippen LogP contribution in [0.1, 0.15) is 97.4 Å². The van der Waals surface area contributed by atoms with Gasteiger partial charge in [-0.3, -0.25) is 9.59 Å². The molecule has 0 aromatic heterocycles. The number of hydrogen-bond donors (Lipinski definition) is 3. The number of carbonyl (C=O) groups excluding carboxylic acids is 2. The first-order valence-corrected chi connectivity index (χ1v) is 26.5. The number of rotatable bonds is 6. The van der Waals surface area contributed by atoms with Gasteiger partial charge in [-0.1, -0.05) is 21.3 Å². The fourth-order valence-corrected chi connectivity index (χ4v) is 13.5. The van der Waals surface area contributed by atoms with E-state index < -0.39 is 110 Å². The zero-order valence-electron chi connectivity index (χ0n) is 36.1. The van der Waals surface area contributed by atoms with E-state index in [1.54, 1.807) is 20.8 Å². The zero-order chi connectivity index (χ0) is 45.0. The molecule has 6 aliphatic heterocycles. The predicted octanol–water partition coefficient (Wildman–Crippen LogP) is 2.30. The number of esters is 2. The van der Waals surface area contributed by atoms with E-state index in [4.69, 9.17) is 56.8 Å². The van der Waals surface area contributed by atoms with Crippen LogP contribution in [0.4, 0.5) is 0 Å². The van der Waals surface area contributed by atoms with Gasteiger partial charge in [0.15, 0.2) is 42.7 Å². The van der Waals surface area contributed by atoms with Crippen molar-refractivity contribution in [2.75, 3.05) is 0 Å². The van der Waals surface area contributed by atoms with Crippen LogP contribution in [0.5, 0.6) is 0 Å². The van der Waals surface area contributed by atoms with Crippen molar-refractivity contribution in [2.24, 2.45) is 11.8 Å². The average Bonchev–Trinajstić information content (AvgIpc) is 3.67. The first kappa shape index (κ1) is 55.1. The molecule has 0 aromatic rings. The molecule has 0 amide bonds. The third-order valence-electron chi connectivity index (χ3n) is 11.2. The number of aliphatic hydroxyl groups excluding tert-OH is 3. The topological polar surface area (TPSA) is 206 Å². The molecular weight excluding hydrogens is 921 g/mol. The molecule has 6 aliphatic rings. The van der Waals surface area contributed by atoms with Gasteiger partial charge in [-0.15, -0.1) is 0 Å². The third-order valence-corrected chi connectivity index (χ3v) is 17.8. The summed E-state index contributed by atoms with van der Waals surface area (Å²) < 4.78 is 70.0. The summed E-state index contributed by atoms with van der Waals surface area (Å²) >= 11 is 9.03. The highest BCUT2D eigenvalue weighted by Gasteiger charge is 2.57. The third kappa shape index (κ3) is 14.1. The van der Waals surface area contributed by atoms with Crippen molar-refractivity contribution < 1.29 is 81.8 Å². The minimum atomic E-state index is -1.47. The Balaban J connectivity index is 0.000000283. The van der Waals surface area contributed by atoms with E-state index in [2.05, 4.69) is 29.3 Å². The molecule has 0 aliphatic carbocycles. The van der Waals surface area contributed by atoms with E-state index >= 15 is 0 Å². The van der Waals surface area contributed by atoms with E-state index in [-0.39, 0.29) is 43.7 Å². The Hall–Kier alpha value is -0.260. The van der Waals surface area contributed by atoms with Crippen LogP contribution in [-0.4, -0.2) is 149 Å². The standard InChI is InChI=1S/C19H32O8.C18H30O9.CH4.S6/c1-8-9(2)23-18(17-14(8)26-19(6,7)27-17)25-16-13(21)10(3)22-11(4)15(16)24-12(5)20;1-7-8(2)23-17(15-12(7)26-18(5,6)27-15)25-14-11(20)16(21)22-9(3)13(14)24-10(4)19;;1-3-5-6-4-2/h8-11,13-18,21H,1-7H3;7-9,11-17,20-21H,1-6H3;1H4;/t8-,9?,10-,11?,13-,14?,15-,16?,17-,18-;7-,8?,9?,11+,12?,13-,14?,15-,16-,17-;;/m00../s1. The van der Waals surface area contributed by atoms with Crippen LogP contribution < -0.4 is 0 Å². The molecule has 8 unspecified atom stereocenters. The van der Waals surface area contributed by atoms with Gasteiger partial charge in [-0.25, -0.2) is 0 Å². The summed E-state index contributed by atoms with van der Waals surface area (Å²) in [4.78, 5) is 23.0. The largest absolute Gasteiger partial charge is 0.457 e. The fraction of sp³-hybridized carbons (Fsp3) is 0.947. The quantitative estimate of drug-likeness (QED) is 0.327. The number of hydrogen-bond acceptors (Lipinski definition) is 19. The average molecular weight is 987 g/mol. The molecule has 61 heavy (non-hydrogen) atoms. The van der Waals surface area contributed by atoms with Crippen molar-refractivity contribution in [2.45, 2.75) is 219 Å². The molecule has 20 atom stereocenters. The number of ether oxygens (including phenoxy) is 12. The molecule has 23 heteroatoms. The number of fused-ring (bicyclic) bond motifs is 2. The van der Waals surface area contributed by atoms with Crippen molar-refractivity contribution in [3.63, 3.8) is 0 Å². The second kappa shape index (κ2) is 23.5. The molecule has 3 N–H and O–H groups in total. The van der Waals surface area contributed by atoms with Crippen LogP contribution in [-0.2, 0) is 124 Å². The van der Waals surface area contributed by atoms with Crippen molar-refractivity contribution in [3.05, 3.63) is 0 Å². The van der Waals surface area contributed by atoms with Gasteiger partial charge in [0.1, 0.15) is 36.6 Å². The molecule has 6 fully saturated rings. The van der Waals surface area contributed by atoms with E-state index in [9.17, 15) is 24.9 Å². The summed E-state index contributed by atoms with van der Waals surface area (Å²) in [7, 11) is 5.63. The summed E-state index contributed by atoms with van der Waals surface area (Å²) in [6.07, 6.45) is -12.2. The fourth-order valence-electron chi connectivity index (χ4n) is 8.03. The summed E-state index contributed by atoms with van der Waals surface area (Å²) in [5.74, 6) is -2.35. The Kier molecular flexibility index (Phi) is 21.2. The molecule has 0 spiro atoms. The molecule has 0 radical (unpaired) electrons. The lowest BCUT2D eigenvalue weighted by molar-refractivity contribution is -0.339. The second-order valence-electron chi connectivity index (χ2n) is 16.6. The lowest BCUT2D eigenvalue weighted by Crippen LogP contribution is -2.62. The molecule has 6 rings (SSSR count). The smallest absolute Gasteiger partial charge is 0.303 e. The van der Waals surface area contributed by atoms with Crippen molar-refractivity contribution in [1.82, 2.24) is 0 Å². The summed E-state index contributed by atoms with van der Waals surface area (Å²) in [6, 6.07) is 0. The van der Waals surface area contributed by atoms with E-state index in [0.29, 0.717) is 0 Å². The summed E-state index contributed by atoms with van der Waals surface area (Å²) in [5, 5.41) is 31.0.